The van der Waals surface area contributed by atoms with Gasteiger partial charge in [-0.3, -0.25) is 0 Å². The second kappa shape index (κ2) is 9.14. The molecule has 2 aromatic carbocycles. The van der Waals surface area contributed by atoms with Crippen molar-refractivity contribution in [3.63, 3.8) is 0 Å². The number of carboxylic acid groups (broad SMARTS) is 1. The molecular formula is C22H27N3O3. The molecule has 0 fully saturated rings. The number of rotatable bonds is 9. The van der Waals surface area contributed by atoms with E-state index in [9.17, 15) is 9.90 Å². The van der Waals surface area contributed by atoms with Crippen molar-refractivity contribution < 1.29 is 14.6 Å². The van der Waals surface area contributed by atoms with Crippen LogP contribution in [-0.2, 0) is 10.3 Å². The average Bonchev–Trinajstić information content (AvgIpc) is 2.70. The first kappa shape index (κ1) is 21.1. The van der Waals surface area contributed by atoms with Crippen LogP contribution >= 0.6 is 0 Å². The highest BCUT2D eigenvalue weighted by Crippen LogP contribution is 2.35. The van der Waals surface area contributed by atoms with Gasteiger partial charge in [0, 0.05) is 18.8 Å². The number of carboxylic acids is 1. The van der Waals surface area contributed by atoms with Crippen LogP contribution in [0.5, 0.6) is 5.75 Å². The van der Waals surface area contributed by atoms with Crippen molar-refractivity contribution in [1.82, 2.24) is 0 Å². The number of aliphatic carboxylic acids is 1. The summed E-state index contributed by atoms with van der Waals surface area (Å²) in [5.41, 5.74) is 1.30. The molecule has 1 unspecified atom stereocenters. The summed E-state index contributed by atoms with van der Waals surface area (Å²) in [4.78, 5) is 14.4. The molecule has 28 heavy (non-hydrogen) atoms. The summed E-state index contributed by atoms with van der Waals surface area (Å²) in [6, 6.07) is 14.3. The zero-order valence-corrected chi connectivity index (χ0v) is 16.8. The first-order chi connectivity index (χ1) is 13.4. The van der Waals surface area contributed by atoms with Crippen LogP contribution in [0, 0.1) is 11.3 Å². The van der Waals surface area contributed by atoms with Crippen LogP contribution in [0.2, 0.25) is 0 Å². The molecule has 0 radical (unpaired) electrons. The summed E-state index contributed by atoms with van der Waals surface area (Å²) < 4.78 is 5.75. The number of anilines is 2. The van der Waals surface area contributed by atoms with Gasteiger partial charge in [0.25, 0.3) is 0 Å². The molecule has 0 aliphatic rings. The molecule has 0 spiro atoms. The summed E-state index contributed by atoms with van der Waals surface area (Å²) in [6.45, 7) is 9.77. The van der Waals surface area contributed by atoms with Crippen LogP contribution in [0.1, 0.15) is 38.8 Å². The molecule has 148 valence electrons. The van der Waals surface area contributed by atoms with Gasteiger partial charge in [-0.15, -0.1) is 0 Å². The maximum atomic E-state index is 12.2. The molecule has 0 heterocycles. The first-order valence-corrected chi connectivity index (χ1v) is 9.43. The lowest BCUT2D eigenvalue weighted by Crippen LogP contribution is -2.40. The van der Waals surface area contributed by atoms with Gasteiger partial charge in [-0.25, -0.2) is 4.79 Å². The van der Waals surface area contributed by atoms with Crippen molar-refractivity contribution in [3.8, 4) is 11.8 Å². The topological polar surface area (TPSA) is 85.6 Å². The minimum atomic E-state index is -1.35. The predicted octanol–water partition coefficient (Wildman–Crippen LogP) is 4.22. The van der Waals surface area contributed by atoms with Crippen LogP contribution in [0.15, 0.2) is 42.5 Å². The lowest BCUT2D eigenvalue weighted by Gasteiger charge is -2.31. The fraction of sp³-hybridized carbons (Fsp3) is 0.364. The largest absolute Gasteiger partial charge is 0.492 e. The molecule has 0 aliphatic carbocycles. The van der Waals surface area contributed by atoms with Gasteiger partial charge >= 0.3 is 5.97 Å². The molecule has 0 saturated heterocycles. The molecule has 0 amide bonds. The molecule has 6 nitrogen and oxygen atoms in total. The molecular weight excluding hydrogens is 354 g/mol. The number of hydrogen-bond acceptors (Lipinski definition) is 5. The highest BCUT2D eigenvalue weighted by Gasteiger charge is 2.36. The monoisotopic (exact) mass is 381 g/mol. The van der Waals surface area contributed by atoms with Crippen LogP contribution in [0.25, 0.3) is 0 Å². The van der Waals surface area contributed by atoms with E-state index in [1.54, 1.807) is 37.3 Å². The van der Waals surface area contributed by atoms with Gasteiger partial charge < -0.3 is 20.1 Å². The summed E-state index contributed by atoms with van der Waals surface area (Å²) in [7, 11) is 0. The Balaban J connectivity index is 2.50. The Morgan fingerprint density at radius 2 is 1.82 bits per heavy atom. The molecule has 2 aromatic rings. The van der Waals surface area contributed by atoms with Gasteiger partial charge in [-0.05, 0) is 69.7 Å². The molecule has 1 atom stereocenters. The van der Waals surface area contributed by atoms with Crippen molar-refractivity contribution in [2.75, 3.05) is 29.9 Å². The normalized spacial score (nSPS) is 12.5. The average molecular weight is 381 g/mol. The molecule has 0 saturated carbocycles. The SMILES string of the molecule is CCOc1ccc(C(C)(Nc2ccc(C#N)cc2)C(=O)O)cc1N(CC)CC. The van der Waals surface area contributed by atoms with Gasteiger partial charge in [0.1, 0.15) is 5.75 Å². The van der Waals surface area contributed by atoms with Gasteiger partial charge in [0.2, 0.25) is 0 Å². The number of hydrogen-bond donors (Lipinski definition) is 2. The third kappa shape index (κ3) is 4.37. The van der Waals surface area contributed by atoms with Crippen molar-refractivity contribution >= 4 is 17.3 Å². The predicted molar refractivity (Wildman–Crippen MR) is 111 cm³/mol. The second-order valence-electron chi connectivity index (χ2n) is 6.53. The standard InChI is InChI=1S/C22H27N3O3/c1-5-25(6-2)19-14-17(10-13-20(19)28-7-3)22(4,21(26)27)24-18-11-8-16(15-23)9-12-18/h8-14,24H,5-7H2,1-4H3,(H,26,27). The Bertz CT molecular complexity index is 854. The Kier molecular flexibility index (Phi) is 6.89. The van der Waals surface area contributed by atoms with Gasteiger partial charge in [-0.1, -0.05) is 6.07 Å². The zero-order chi connectivity index (χ0) is 20.7. The van der Waals surface area contributed by atoms with Crippen LogP contribution < -0.4 is 15.0 Å². The fourth-order valence-electron chi connectivity index (χ4n) is 3.08. The maximum absolute atomic E-state index is 12.2. The van der Waals surface area contributed by atoms with E-state index in [0.29, 0.717) is 23.4 Å². The first-order valence-electron chi connectivity index (χ1n) is 9.43. The smallest absolute Gasteiger partial charge is 0.333 e. The van der Waals surface area contributed by atoms with E-state index < -0.39 is 11.5 Å². The molecule has 0 aliphatic heterocycles. The van der Waals surface area contributed by atoms with E-state index in [-0.39, 0.29) is 0 Å². The number of carbonyl (C=O) groups is 1. The lowest BCUT2D eigenvalue weighted by molar-refractivity contribution is -0.142. The van der Waals surface area contributed by atoms with E-state index in [4.69, 9.17) is 10.00 Å². The Labute approximate surface area is 166 Å². The fourth-order valence-corrected chi connectivity index (χ4v) is 3.08. The lowest BCUT2D eigenvalue weighted by atomic mass is 9.90. The third-order valence-corrected chi connectivity index (χ3v) is 4.78. The van der Waals surface area contributed by atoms with Crippen molar-refractivity contribution in [3.05, 3.63) is 53.6 Å². The Hall–Kier alpha value is -3.20. The summed E-state index contributed by atoms with van der Waals surface area (Å²) in [5.74, 6) is -0.257. The van der Waals surface area contributed by atoms with E-state index in [0.717, 1.165) is 24.5 Å². The van der Waals surface area contributed by atoms with E-state index in [1.807, 2.05) is 19.1 Å². The van der Waals surface area contributed by atoms with Crippen molar-refractivity contribution in [2.24, 2.45) is 0 Å². The molecule has 2 rings (SSSR count). The van der Waals surface area contributed by atoms with E-state index in [2.05, 4.69) is 30.1 Å². The van der Waals surface area contributed by atoms with Crippen LogP contribution in [0.4, 0.5) is 11.4 Å². The van der Waals surface area contributed by atoms with E-state index in [1.165, 1.54) is 0 Å². The summed E-state index contributed by atoms with van der Waals surface area (Å²) in [5, 5.41) is 22.1. The minimum absolute atomic E-state index is 0.521. The maximum Gasteiger partial charge on any atom is 0.333 e. The number of ether oxygens (including phenoxy) is 1. The minimum Gasteiger partial charge on any atom is -0.492 e. The third-order valence-electron chi connectivity index (χ3n) is 4.78. The van der Waals surface area contributed by atoms with Crippen molar-refractivity contribution in [2.45, 2.75) is 33.2 Å². The number of nitrogens with one attached hydrogen (secondary N) is 1. The highest BCUT2D eigenvalue weighted by atomic mass is 16.5. The molecule has 0 aromatic heterocycles. The number of benzene rings is 2. The Morgan fingerprint density at radius 3 is 2.32 bits per heavy atom. The highest BCUT2D eigenvalue weighted by molar-refractivity contribution is 5.85. The van der Waals surface area contributed by atoms with Crippen LogP contribution in [-0.4, -0.2) is 30.8 Å². The van der Waals surface area contributed by atoms with Gasteiger partial charge in [-0.2, -0.15) is 5.26 Å². The van der Waals surface area contributed by atoms with E-state index >= 15 is 0 Å². The quantitative estimate of drug-likeness (QED) is 0.677. The summed E-state index contributed by atoms with van der Waals surface area (Å²) in [6.07, 6.45) is 0. The molecule has 2 N–H and O–H groups in total. The van der Waals surface area contributed by atoms with Gasteiger partial charge in [0.05, 0.1) is 23.9 Å². The number of nitrogens with zero attached hydrogens (tertiary/aromatic N) is 2. The summed E-state index contributed by atoms with van der Waals surface area (Å²) >= 11 is 0. The number of nitriles is 1. The molecule has 6 heteroatoms. The van der Waals surface area contributed by atoms with Crippen LogP contribution in [0.3, 0.4) is 0 Å². The zero-order valence-electron chi connectivity index (χ0n) is 16.8. The second-order valence-corrected chi connectivity index (χ2v) is 6.53. The van der Waals surface area contributed by atoms with Gasteiger partial charge in [0.15, 0.2) is 5.54 Å². The Morgan fingerprint density at radius 1 is 1.18 bits per heavy atom. The molecule has 0 bridgehead atoms. The van der Waals surface area contributed by atoms with Crippen molar-refractivity contribution in [1.29, 1.82) is 5.26 Å².